The minimum atomic E-state index is -1.06. The Hall–Kier alpha value is -1.69. The largest absolute Gasteiger partial charge is 0.476 e. The minimum Gasteiger partial charge on any atom is -0.476 e. The standard InChI is InChI=1S/C12H17N3O3/c1-18-7-6-12(4-5-12)8-13-10-3-2-9(11(16)17)14-15-10/h2-3H,4-8H2,1H3,(H,13,15)(H,16,17). The van der Waals surface area contributed by atoms with Crippen LogP contribution in [-0.4, -0.2) is 41.5 Å². The molecule has 1 fully saturated rings. The van der Waals surface area contributed by atoms with Crippen LogP contribution in [0.3, 0.4) is 0 Å². The van der Waals surface area contributed by atoms with Crippen molar-refractivity contribution in [1.82, 2.24) is 10.2 Å². The highest BCUT2D eigenvalue weighted by molar-refractivity contribution is 5.85. The molecule has 0 radical (unpaired) electrons. The van der Waals surface area contributed by atoms with Crippen LogP contribution in [0.15, 0.2) is 12.1 Å². The predicted molar refractivity (Wildman–Crippen MR) is 65.6 cm³/mol. The molecule has 18 heavy (non-hydrogen) atoms. The number of ether oxygens (including phenoxy) is 1. The van der Waals surface area contributed by atoms with E-state index in [-0.39, 0.29) is 5.69 Å². The number of hydrogen-bond donors (Lipinski definition) is 2. The maximum Gasteiger partial charge on any atom is 0.356 e. The monoisotopic (exact) mass is 251 g/mol. The quantitative estimate of drug-likeness (QED) is 0.762. The van der Waals surface area contributed by atoms with Crippen LogP contribution in [0.4, 0.5) is 5.82 Å². The third kappa shape index (κ3) is 3.16. The number of anilines is 1. The van der Waals surface area contributed by atoms with Crippen LogP contribution >= 0.6 is 0 Å². The van der Waals surface area contributed by atoms with E-state index in [0.29, 0.717) is 11.2 Å². The van der Waals surface area contributed by atoms with Crippen molar-refractivity contribution in [3.8, 4) is 0 Å². The number of nitrogens with zero attached hydrogens (tertiary/aromatic N) is 2. The van der Waals surface area contributed by atoms with E-state index in [1.54, 1.807) is 13.2 Å². The van der Waals surface area contributed by atoms with Gasteiger partial charge in [-0.05, 0) is 36.8 Å². The molecular weight excluding hydrogens is 234 g/mol. The Morgan fingerprint density at radius 3 is 2.78 bits per heavy atom. The normalized spacial score (nSPS) is 16.3. The van der Waals surface area contributed by atoms with Crippen LogP contribution in [0.5, 0.6) is 0 Å². The van der Waals surface area contributed by atoms with Gasteiger partial charge in [-0.2, -0.15) is 0 Å². The third-order valence-electron chi connectivity index (χ3n) is 3.32. The zero-order chi connectivity index (χ0) is 13.0. The number of rotatable bonds is 7. The molecule has 0 aromatic carbocycles. The van der Waals surface area contributed by atoms with Gasteiger partial charge in [0, 0.05) is 20.3 Å². The third-order valence-corrected chi connectivity index (χ3v) is 3.32. The lowest BCUT2D eigenvalue weighted by Gasteiger charge is -2.15. The molecule has 1 aliphatic carbocycles. The van der Waals surface area contributed by atoms with Gasteiger partial charge in [0.1, 0.15) is 5.82 Å². The van der Waals surface area contributed by atoms with Crippen LogP contribution in [0.25, 0.3) is 0 Å². The SMILES string of the molecule is COCCC1(CNc2ccc(C(=O)O)nn2)CC1. The maximum atomic E-state index is 10.6. The van der Waals surface area contributed by atoms with Gasteiger partial charge in [0.05, 0.1) is 0 Å². The highest BCUT2D eigenvalue weighted by Gasteiger charge is 2.41. The lowest BCUT2D eigenvalue weighted by atomic mass is 10.0. The van der Waals surface area contributed by atoms with Gasteiger partial charge in [-0.1, -0.05) is 0 Å². The molecule has 6 nitrogen and oxygen atoms in total. The summed E-state index contributed by atoms with van der Waals surface area (Å²) in [5, 5.41) is 19.4. The van der Waals surface area contributed by atoms with Gasteiger partial charge in [0.25, 0.3) is 0 Å². The first-order chi connectivity index (χ1) is 8.65. The first kappa shape index (κ1) is 12.8. The molecule has 2 N–H and O–H groups in total. The Bertz CT molecular complexity index is 415. The van der Waals surface area contributed by atoms with Gasteiger partial charge in [-0.25, -0.2) is 4.79 Å². The topological polar surface area (TPSA) is 84.3 Å². The molecule has 2 rings (SSSR count). The van der Waals surface area contributed by atoms with E-state index in [0.717, 1.165) is 19.6 Å². The summed E-state index contributed by atoms with van der Waals surface area (Å²) >= 11 is 0. The molecule has 0 spiro atoms. The summed E-state index contributed by atoms with van der Waals surface area (Å²) in [5.41, 5.74) is 0.282. The molecule has 1 aromatic rings. The summed E-state index contributed by atoms with van der Waals surface area (Å²) in [4.78, 5) is 10.6. The molecule has 1 aromatic heterocycles. The second-order valence-corrected chi connectivity index (χ2v) is 4.71. The Labute approximate surface area is 105 Å². The van der Waals surface area contributed by atoms with E-state index >= 15 is 0 Å². The average molecular weight is 251 g/mol. The van der Waals surface area contributed by atoms with Crippen molar-refractivity contribution in [1.29, 1.82) is 0 Å². The Kier molecular flexibility index (Phi) is 3.76. The van der Waals surface area contributed by atoms with Gasteiger partial charge in [-0.15, -0.1) is 10.2 Å². The zero-order valence-electron chi connectivity index (χ0n) is 10.3. The number of carboxylic acid groups (broad SMARTS) is 1. The summed E-state index contributed by atoms with van der Waals surface area (Å²) in [6, 6.07) is 3.09. The maximum absolute atomic E-state index is 10.6. The van der Waals surface area contributed by atoms with E-state index in [9.17, 15) is 4.79 Å². The van der Waals surface area contributed by atoms with E-state index in [2.05, 4.69) is 15.5 Å². The van der Waals surface area contributed by atoms with Crippen LogP contribution in [-0.2, 0) is 4.74 Å². The van der Waals surface area contributed by atoms with Crippen molar-refractivity contribution in [2.24, 2.45) is 5.41 Å². The van der Waals surface area contributed by atoms with Crippen molar-refractivity contribution >= 4 is 11.8 Å². The van der Waals surface area contributed by atoms with Crippen molar-refractivity contribution in [3.63, 3.8) is 0 Å². The fourth-order valence-electron chi connectivity index (χ4n) is 1.83. The molecule has 1 aliphatic rings. The average Bonchev–Trinajstić information content (AvgIpc) is 3.15. The lowest BCUT2D eigenvalue weighted by Crippen LogP contribution is -2.18. The fourth-order valence-corrected chi connectivity index (χ4v) is 1.83. The molecule has 0 unspecified atom stereocenters. The number of carboxylic acids is 1. The van der Waals surface area contributed by atoms with Crippen molar-refractivity contribution in [2.45, 2.75) is 19.3 Å². The number of hydrogen-bond acceptors (Lipinski definition) is 5. The zero-order valence-corrected chi connectivity index (χ0v) is 10.3. The second kappa shape index (κ2) is 5.30. The molecule has 6 heteroatoms. The number of carbonyl (C=O) groups is 1. The Morgan fingerprint density at radius 2 is 2.28 bits per heavy atom. The predicted octanol–water partition coefficient (Wildman–Crippen LogP) is 1.40. The first-order valence-corrected chi connectivity index (χ1v) is 5.95. The van der Waals surface area contributed by atoms with Gasteiger partial charge in [0.15, 0.2) is 5.69 Å². The molecule has 0 atom stereocenters. The van der Waals surface area contributed by atoms with Crippen molar-refractivity contribution in [3.05, 3.63) is 17.8 Å². The van der Waals surface area contributed by atoms with Gasteiger partial charge in [0.2, 0.25) is 0 Å². The molecule has 1 saturated carbocycles. The van der Waals surface area contributed by atoms with Crippen LogP contribution in [0.1, 0.15) is 29.8 Å². The molecule has 0 aliphatic heterocycles. The van der Waals surface area contributed by atoms with Gasteiger partial charge >= 0.3 is 5.97 Å². The van der Waals surface area contributed by atoms with Crippen molar-refractivity contribution in [2.75, 3.05) is 25.6 Å². The Morgan fingerprint density at radius 1 is 1.50 bits per heavy atom. The minimum absolute atomic E-state index is 0.0407. The van der Waals surface area contributed by atoms with E-state index < -0.39 is 5.97 Å². The van der Waals surface area contributed by atoms with Crippen LogP contribution in [0, 0.1) is 5.41 Å². The lowest BCUT2D eigenvalue weighted by molar-refractivity contribution is 0.0689. The van der Waals surface area contributed by atoms with E-state index in [1.165, 1.54) is 18.9 Å². The molecule has 0 amide bonds. The molecular formula is C12H17N3O3. The summed E-state index contributed by atoms with van der Waals surface area (Å²) in [6.07, 6.45) is 3.44. The second-order valence-electron chi connectivity index (χ2n) is 4.71. The number of aromatic carboxylic acids is 1. The molecule has 98 valence electrons. The highest BCUT2D eigenvalue weighted by atomic mass is 16.5. The van der Waals surface area contributed by atoms with E-state index in [4.69, 9.17) is 9.84 Å². The number of nitrogens with one attached hydrogen (secondary N) is 1. The summed E-state index contributed by atoms with van der Waals surface area (Å²) < 4.78 is 5.09. The summed E-state index contributed by atoms with van der Waals surface area (Å²) in [5.74, 6) is -0.448. The smallest absolute Gasteiger partial charge is 0.356 e. The number of aromatic nitrogens is 2. The Balaban J connectivity index is 1.85. The van der Waals surface area contributed by atoms with Crippen LogP contribution in [0.2, 0.25) is 0 Å². The highest BCUT2D eigenvalue weighted by Crippen LogP contribution is 2.48. The molecule has 0 saturated heterocycles. The first-order valence-electron chi connectivity index (χ1n) is 5.95. The van der Waals surface area contributed by atoms with Crippen LogP contribution < -0.4 is 5.32 Å². The van der Waals surface area contributed by atoms with E-state index in [1.807, 2.05) is 0 Å². The molecule has 1 heterocycles. The number of methoxy groups -OCH3 is 1. The fraction of sp³-hybridized carbons (Fsp3) is 0.583. The summed E-state index contributed by atoms with van der Waals surface area (Å²) in [6.45, 7) is 1.60. The van der Waals surface area contributed by atoms with Gasteiger partial charge < -0.3 is 15.2 Å². The molecule has 0 bridgehead atoms. The van der Waals surface area contributed by atoms with Crippen molar-refractivity contribution < 1.29 is 14.6 Å². The van der Waals surface area contributed by atoms with Gasteiger partial charge in [-0.3, -0.25) is 0 Å². The summed E-state index contributed by atoms with van der Waals surface area (Å²) in [7, 11) is 1.71.